The Kier molecular flexibility index (Phi) is 4.99. The van der Waals surface area contributed by atoms with Crippen LogP contribution < -0.4 is 0 Å². The number of carbonyl (C=O) groups excluding carboxylic acids is 1. The minimum atomic E-state index is -2.92. The molecule has 0 radical (unpaired) electrons. The summed E-state index contributed by atoms with van der Waals surface area (Å²) >= 11 is 1.61. The van der Waals surface area contributed by atoms with Crippen molar-refractivity contribution in [1.82, 2.24) is 4.90 Å². The van der Waals surface area contributed by atoms with Crippen molar-refractivity contribution in [3.63, 3.8) is 0 Å². The molecule has 4 nitrogen and oxygen atoms in total. The summed E-state index contributed by atoms with van der Waals surface area (Å²) in [5.41, 5.74) is 0. The number of thiophene rings is 1. The summed E-state index contributed by atoms with van der Waals surface area (Å²) in [4.78, 5) is 15.2. The fraction of sp³-hybridized carbons (Fsp3) is 0.500. The predicted octanol–water partition coefficient (Wildman–Crippen LogP) is 2.09. The second-order valence-electron chi connectivity index (χ2n) is 5.12. The third kappa shape index (κ3) is 4.18. The average molecular weight is 313 g/mol. The van der Waals surface area contributed by atoms with E-state index in [0.29, 0.717) is 25.9 Å². The standard InChI is InChI=1S/C14H19NO3S2/c1-2-6-15(10-13-4-3-7-19-13)14(16)9-12-5-8-20(17,18)11-12/h2-4,7,12H,1,5-6,8-11H2. The fourth-order valence-electron chi connectivity index (χ4n) is 2.41. The highest BCUT2D eigenvalue weighted by Gasteiger charge is 2.30. The van der Waals surface area contributed by atoms with Gasteiger partial charge < -0.3 is 4.90 Å². The second kappa shape index (κ2) is 6.54. The molecule has 1 atom stereocenters. The van der Waals surface area contributed by atoms with Crippen molar-refractivity contribution in [3.8, 4) is 0 Å². The molecular formula is C14H19NO3S2. The lowest BCUT2D eigenvalue weighted by Gasteiger charge is -2.22. The predicted molar refractivity (Wildman–Crippen MR) is 81.3 cm³/mol. The van der Waals surface area contributed by atoms with Gasteiger partial charge in [-0.05, 0) is 23.8 Å². The van der Waals surface area contributed by atoms with Gasteiger partial charge in [-0.1, -0.05) is 12.1 Å². The highest BCUT2D eigenvalue weighted by molar-refractivity contribution is 7.91. The molecule has 20 heavy (non-hydrogen) atoms. The summed E-state index contributed by atoms with van der Waals surface area (Å²) in [6.45, 7) is 4.75. The number of nitrogens with zero attached hydrogens (tertiary/aromatic N) is 1. The molecule has 0 N–H and O–H groups in total. The number of rotatable bonds is 6. The van der Waals surface area contributed by atoms with Crippen LogP contribution in [-0.2, 0) is 21.2 Å². The van der Waals surface area contributed by atoms with Gasteiger partial charge in [0, 0.05) is 17.8 Å². The van der Waals surface area contributed by atoms with Crippen LogP contribution in [0.1, 0.15) is 17.7 Å². The quantitative estimate of drug-likeness (QED) is 0.756. The van der Waals surface area contributed by atoms with Crippen LogP contribution >= 0.6 is 11.3 Å². The molecule has 0 spiro atoms. The molecular weight excluding hydrogens is 294 g/mol. The third-order valence-corrected chi connectivity index (χ3v) is 6.12. The van der Waals surface area contributed by atoms with Gasteiger partial charge in [0.25, 0.3) is 0 Å². The van der Waals surface area contributed by atoms with E-state index in [-0.39, 0.29) is 23.3 Å². The van der Waals surface area contributed by atoms with Crippen molar-refractivity contribution in [2.24, 2.45) is 5.92 Å². The fourth-order valence-corrected chi connectivity index (χ4v) is 4.99. The second-order valence-corrected chi connectivity index (χ2v) is 8.38. The van der Waals surface area contributed by atoms with Crippen LogP contribution in [0.5, 0.6) is 0 Å². The largest absolute Gasteiger partial charge is 0.334 e. The first-order valence-electron chi connectivity index (χ1n) is 6.61. The summed E-state index contributed by atoms with van der Waals surface area (Å²) < 4.78 is 22.9. The molecule has 110 valence electrons. The molecule has 1 fully saturated rings. The summed E-state index contributed by atoms with van der Waals surface area (Å²) in [6, 6.07) is 3.95. The summed E-state index contributed by atoms with van der Waals surface area (Å²) in [6.07, 6.45) is 2.63. The SMILES string of the molecule is C=CCN(Cc1cccs1)C(=O)CC1CCS(=O)(=O)C1. The minimum absolute atomic E-state index is 0.0143. The maximum absolute atomic E-state index is 12.3. The molecule has 0 aliphatic carbocycles. The number of amides is 1. The molecule has 1 unspecified atom stereocenters. The van der Waals surface area contributed by atoms with Crippen LogP contribution in [-0.4, -0.2) is 37.3 Å². The van der Waals surface area contributed by atoms with E-state index in [0.717, 1.165) is 4.88 Å². The van der Waals surface area contributed by atoms with Gasteiger partial charge in [0.2, 0.25) is 5.91 Å². The van der Waals surface area contributed by atoms with E-state index in [1.54, 1.807) is 22.3 Å². The Morgan fingerprint density at radius 2 is 2.35 bits per heavy atom. The highest BCUT2D eigenvalue weighted by Crippen LogP contribution is 2.23. The molecule has 0 bridgehead atoms. The van der Waals surface area contributed by atoms with Crippen LogP contribution in [0, 0.1) is 5.92 Å². The van der Waals surface area contributed by atoms with E-state index in [4.69, 9.17) is 0 Å². The summed E-state index contributed by atoms with van der Waals surface area (Å²) in [5, 5.41) is 1.98. The van der Waals surface area contributed by atoms with Gasteiger partial charge in [-0.25, -0.2) is 8.42 Å². The van der Waals surface area contributed by atoms with Gasteiger partial charge in [-0.15, -0.1) is 17.9 Å². The topological polar surface area (TPSA) is 54.5 Å². The van der Waals surface area contributed by atoms with Crippen LogP contribution in [0.4, 0.5) is 0 Å². The molecule has 1 aromatic heterocycles. The zero-order valence-corrected chi connectivity index (χ0v) is 13.0. The first-order chi connectivity index (χ1) is 9.50. The van der Waals surface area contributed by atoms with Crippen LogP contribution in [0.2, 0.25) is 0 Å². The van der Waals surface area contributed by atoms with Gasteiger partial charge in [-0.2, -0.15) is 0 Å². The lowest BCUT2D eigenvalue weighted by atomic mass is 10.0. The van der Waals surface area contributed by atoms with E-state index in [9.17, 15) is 13.2 Å². The van der Waals surface area contributed by atoms with Crippen LogP contribution in [0.15, 0.2) is 30.2 Å². The first kappa shape index (κ1) is 15.3. The van der Waals surface area contributed by atoms with Crippen molar-refractivity contribution in [3.05, 3.63) is 35.0 Å². The normalized spacial score (nSPS) is 20.7. The Morgan fingerprint density at radius 3 is 2.90 bits per heavy atom. The number of hydrogen-bond acceptors (Lipinski definition) is 4. The monoisotopic (exact) mass is 313 g/mol. The molecule has 0 saturated carbocycles. The minimum Gasteiger partial charge on any atom is -0.334 e. The zero-order valence-electron chi connectivity index (χ0n) is 11.3. The van der Waals surface area contributed by atoms with Gasteiger partial charge in [0.05, 0.1) is 18.1 Å². The van der Waals surface area contributed by atoms with E-state index < -0.39 is 9.84 Å². The van der Waals surface area contributed by atoms with Gasteiger partial charge in [0.15, 0.2) is 9.84 Å². The van der Waals surface area contributed by atoms with Gasteiger partial charge >= 0.3 is 0 Å². The molecule has 2 heterocycles. The van der Waals surface area contributed by atoms with E-state index in [1.165, 1.54) is 0 Å². The van der Waals surface area contributed by atoms with Crippen molar-refractivity contribution >= 4 is 27.1 Å². The Balaban J connectivity index is 1.95. The van der Waals surface area contributed by atoms with Crippen molar-refractivity contribution < 1.29 is 13.2 Å². The maximum Gasteiger partial charge on any atom is 0.223 e. The Labute approximate surface area is 124 Å². The molecule has 0 aromatic carbocycles. The van der Waals surface area contributed by atoms with E-state index in [2.05, 4.69) is 6.58 Å². The van der Waals surface area contributed by atoms with E-state index >= 15 is 0 Å². The Bertz CT molecular complexity index is 563. The molecule has 6 heteroatoms. The molecule has 2 rings (SSSR count). The van der Waals surface area contributed by atoms with Crippen molar-refractivity contribution in [2.45, 2.75) is 19.4 Å². The smallest absolute Gasteiger partial charge is 0.223 e. The lowest BCUT2D eigenvalue weighted by Crippen LogP contribution is -2.32. The number of sulfone groups is 1. The maximum atomic E-state index is 12.3. The van der Waals surface area contributed by atoms with Crippen molar-refractivity contribution in [1.29, 1.82) is 0 Å². The number of carbonyl (C=O) groups is 1. The first-order valence-corrected chi connectivity index (χ1v) is 9.32. The Morgan fingerprint density at radius 1 is 1.55 bits per heavy atom. The molecule has 1 aliphatic heterocycles. The van der Waals surface area contributed by atoms with Gasteiger partial charge in [-0.3, -0.25) is 4.79 Å². The molecule has 1 amide bonds. The summed E-state index contributed by atoms with van der Waals surface area (Å²) in [5.74, 6) is 0.361. The summed E-state index contributed by atoms with van der Waals surface area (Å²) in [7, 11) is -2.92. The Hall–Kier alpha value is -1.14. The molecule has 1 aliphatic rings. The van der Waals surface area contributed by atoms with Crippen LogP contribution in [0.3, 0.4) is 0 Å². The molecule has 1 saturated heterocycles. The van der Waals surface area contributed by atoms with E-state index in [1.807, 2.05) is 17.5 Å². The van der Waals surface area contributed by atoms with Crippen LogP contribution in [0.25, 0.3) is 0 Å². The average Bonchev–Trinajstić information content (AvgIpc) is 2.98. The third-order valence-electron chi connectivity index (χ3n) is 3.42. The molecule has 1 aromatic rings. The van der Waals surface area contributed by atoms with Crippen molar-refractivity contribution in [2.75, 3.05) is 18.1 Å². The lowest BCUT2D eigenvalue weighted by molar-refractivity contribution is -0.132. The highest BCUT2D eigenvalue weighted by atomic mass is 32.2. The van der Waals surface area contributed by atoms with Gasteiger partial charge in [0.1, 0.15) is 0 Å². The number of hydrogen-bond donors (Lipinski definition) is 0. The zero-order chi connectivity index (χ0) is 14.6.